The molecular weight excluding hydrogens is 178 g/mol. The molecule has 14 heavy (non-hydrogen) atoms. The molecule has 0 radical (unpaired) electrons. The molecule has 0 aliphatic heterocycles. The Bertz CT molecular complexity index is 349. The lowest BCUT2D eigenvalue weighted by molar-refractivity contribution is 0.802. The van der Waals surface area contributed by atoms with Gasteiger partial charge in [-0.25, -0.2) is 0 Å². The third-order valence-corrected chi connectivity index (χ3v) is 1.87. The second kappa shape index (κ2) is 3.89. The van der Waals surface area contributed by atoms with Crippen molar-refractivity contribution in [3.05, 3.63) is 48.3 Å². The average Bonchev–Trinajstić information content (AvgIpc) is 2.30. The Morgan fingerprint density at radius 2 is 2.00 bits per heavy atom. The zero-order valence-electron chi connectivity index (χ0n) is 7.41. The first kappa shape index (κ1) is 8.71. The van der Waals surface area contributed by atoms with Gasteiger partial charge in [0.15, 0.2) is 0 Å². The lowest BCUT2D eigenvalue weighted by Gasteiger charge is -2.08. The van der Waals surface area contributed by atoms with Gasteiger partial charge in [0.25, 0.3) is 0 Å². The van der Waals surface area contributed by atoms with Crippen LogP contribution in [0.2, 0.25) is 0 Å². The van der Waals surface area contributed by atoms with Crippen molar-refractivity contribution >= 4 is 0 Å². The van der Waals surface area contributed by atoms with Crippen LogP contribution in [0, 0.1) is 0 Å². The summed E-state index contributed by atoms with van der Waals surface area (Å²) in [6, 6.07) is 1.52. The Morgan fingerprint density at radius 3 is 2.64 bits per heavy atom. The van der Waals surface area contributed by atoms with Crippen LogP contribution in [-0.4, -0.2) is 20.2 Å². The summed E-state index contributed by atoms with van der Waals surface area (Å²) in [5.41, 5.74) is 7.54. The fraction of sp³-hybridized carbons (Fsp3) is 0.111. The van der Waals surface area contributed by atoms with E-state index in [0.717, 1.165) is 11.3 Å². The highest BCUT2D eigenvalue weighted by atomic mass is 15.1. The van der Waals surface area contributed by atoms with E-state index in [2.05, 4.69) is 20.2 Å². The third-order valence-electron chi connectivity index (χ3n) is 1.87. The van der Waals surface area contributed by atoms with Crippen LogP contribution in [0.15, 0.2) is 37.1 Å². The molecule has 0 saturated heterocycles. The molecule has 2 rings (SSSR count). The Kier molecular flexibility index (Phi) is 2.42. The molecule has 0 bridgehead atoms. The molecule has 2 aromatic heterocycles. The molecule has 2 heterocycles. The number of nitrogens with zero attached hydrogens (tertiary/aromatic N) is 4. The molecule has 0 fully saturated rings. The lowest BCUT2D eigenvalue weighted by Crippen LogP contribution is -2.13. The lowest BCUT2D eigenvalue weighted by atomic mass is 10.1. The molecule has 0 aliphatic rings. The van der Waals surface area contributed by atoms with Crippen LogP contribution in [0.5, 0.6) is 0 Å². The highest BCUT2D eigenvalue weighted by Crippen LogP contribution is 2.13. The maximum absolute atomic E-state index is 5.95. The Morgan fingerprint density at radius 1 is 1.07 bits per heavy atom. The van der Waals surface area contributed by atoms with E-state index >= 15 is 0 Å². The van der Waals surface area contributed by atoms with E-state index < -0.39 is 0 Å². The SMILES string of the molecule is NC(c1ccnnc1)c1cnccn1. The first-order chi connectivity index (χ1) is 6.88. The number of hydrogen-bond acceptors (Lipinski definition) is 5. The van der Waals surface area contributed by atoms with Crippen LogP contribution in [0.4, 0.5) is 0 Å². The van der Waals surface area contributed by atoms with Crippen LogP contribution in [0.25, 0.3) is 0 Å². The molecule has 0 aliphatic carbocycles. The smallest absolute Gasteiger partial charge is 0.0799 e. The van der Waals surface area contributed by atoms with Crippen molar-refractivity contribution in [3.63, 3.8) is 0 Å². The molecule has 0 spiro atoms. The first-order valence-corrected chi connectivity index (χ1v) is 4.16. The standard InChI is InChI=1S/C9H9N5/c10-9(7-1-2-13-14-5-7)8-6-11-3-4-12-8/h1-6,9H,10H2. The van der Waals surface area contributed by atoms with Gasteiger partial charge >= 0.3 is 0 Å². The van der Waals surface area contributed by atoms with Gasteiger partial charge in [0.2, 0.25) is 0 Å². The maximum Gasteiger partial charge on any atom is 0.0799 e. The molecule has 2 aromatic rings. The van der Waals surface area contributed by atoms with Crippen molar-refractivity contribution in [1.29, 1.82) is 0 Å². The third kappa shape index (κ3) is 1.72. The molecule has 0 aromatic carbocycles. The van der Waals surface area contributed by atoms with E-state index in [4.69, 9.17) is 5.73 Å². The molecule has 1 atom stereocenters. The summed E-state index contributed by atoms with van der Waals surface area (Å²) in [5.74, 6) is 0. The van der Waals surface area contributed by atoms with Crippen molar-refractivity contribution in [2.75, 3.05) is 0 Å². The fourth-order valence-electron chi connectivity index (χ4n) is 1.13. The number of rotatable bonds is 2. The van der Waals surface area contributed by atoms with Crippen molar-refractivity contribution < 1.29 is 0 Å². The normalized spacial score (nSPS) is 12.4. The Balaban J connectivity index is 2.30. The van der Waals surface area contributed by atoms with Gasteiger partial charge in [-0.15, -0.1) is 0 Å². The van der Waals surface area contributed by atoms with Crippen LogP contribution < -0.4 is 5.73 Å². The predicted octanol–water partition coefficient (Wildman–Crippen LogP) is 0.315. The number of nitrogens with two attached hydrogens (primary N) is 1. The van der Waals surface area contributed by atoms with E-state index in [0.29, 0.717) is 0 Å². The first-order valence-electron chi connectivity index (χ1n) is 4.16. The summed E-state index contributed by atoms with van der Waals surface area (Å²) in [4.78, 5) is 8.07. The van der Waals surface area contributed by atoms with E-state index in [1.54, 1.807) is 31.0 Å². The fourth-order valence-corrected chi connectivity index (χ4v) is 1.13. The molecule has 1 unspecified atom stereocenters. The summed E-state index contributed by atoms with van der Waals surface area (Å²) in [6.45, 7) is 0. The molecule has 2 N–H and O–H groups in total. The largest absolute Gasteiger partial charge is 0.319 e. The molecule has 5 heteroatoms. The molecule has 0 amide bonds. The minimum Gasteiger partial charge on any atom is -0.319 e. The topological polar surface area (TPSA) is 77.6 Å². The van der Waals surface area contributed by atoms with Gasteiger partial charge < -0.3 is 5.73 Å². The molecule has 70 valence electrons. The highest BCUT2D eigenvalue weighted by Gasteiger charge is 2.09. The Labute approximate surface area is 81.0 Å². The van der Waals surface area contributed by atoms with Gasteiger partial charge in [0, 0.05) is 18.6 Å². The van der Waals surface area contributed by atoms with Crippen LogP contribution >= 0.6 is 0 Å². The summed E-state index contributed by atoms with van der Waals surface area (Å²) >= 11 is 0. The molecule has 0 saturated carbocycles. The second-order valence-corrected chi connectivity index (χ2v) is 2.78. The maximum atomic E-state index is 5.95. The van der Waals surface area contributed by atoms with Gasteiger partial charge in [-0.2, -0.15) is 10.2 Å². The van der Waals surface area contributed by atoms with Crippen molar-refractivity contribution in [1.82, 2.24) is 20.2 Å². The summed E-state index contributed by atoms with van der Waals surface area (Å²) in [6.07, 6.45) is 8.10. The van der Waals surface area contributed by atoms with E-state index in [1.165, 1.54) is 0 Å². The van der Waals surface area contributed by atoms with E-state index in [1.807, 2.05) is 6.07 Å². The van der Waals surface area contributed by atoms with Gasteiger partial charge in [0.05, 0.1) is 24.1 Å². The number of hydrogen-bond donors (Lipinski definition) is 1. The second-order valence-electron chi connectivity index (χ2n) is 2.78. The van der Waals surface area contributed by atoms with Crippen molar-refractivity contribution in [2.45, 2.75) is 6.04 Å². The summed E-state index contributed by atoms with van der Waals surface area (Å²) in [5, 5.41) is 7.43. The predicted molar refractivity (Wildman–Crippen MR) is 50.1 cm³/mol. The highest BCUT2D eigenvalue weighted by molar-refractivity contribution is 5.21. The zero-order chi connectivity index (χ0) is 9.80. The van der Waals surface area contributed by atoms with Gasteiger partial charge in [-0.05, 0) is 11.6 Å². The van der Waals surface area contributed by atoms with Crippen LogP contribution in [0.3, 0.4) is 0 Å². The zero-order valence-corrected chi connectivity index (χ0v) is 7.41. The Hall–Kier alpha value is -1.88. The van der Waals surface area contributed by atoms with Crippen LogP contribution in [0.1, 0.15) is 17.3 Å². The molecular formula is C9H9N5. The molecule has 5 nitrogen and oxygen atoms in total. The van der Waals surface area contributed by atoms with E-state index in [9.17, 15) is 0 Å². The van der Waals surface area contributed by atoms with Gasteiger partial charge in [-0.3, -0.25) is 9.97 Å². The van der Waals surface area contributed by atoms with Crippen LogP contribution in [-0.2, 0) is 0 Å². The van der Waals surface area contributed by atoms with Gasteiger partial charge in [-0.1, -0.05) is 0 Å². The quantitative estimate of drug-likeness (QED) is 0.732. The van der Waals surface area contributed by atoms with Gasteiger partial charge in [0.1, 0.15) is 0 Å². The van der Waals surface area contributed by atoms with Crippen molar-refractivity contribution in [3.8, 4) is 0 Å². The minimum atomic E-state index is -0.292. The van der Waals surface area contributed by atoms with Crippen molar-refractivity contribution in [2.24, 2.45) is 5.73 Å². The summed E-state index contributed by atoms with van der Waals surface area (Å²) in [7, 11) is 0. The van der Waals surface area contributed by atoms with E-state index in [-0.39, 0.29) is 6.04 Å². The number of aromatic nitrogens is 4. The monoisotopic (exact) mass is 187 g/mol. The summed E-state index contributed by atoms with van der Waals surface area (Å²) < 4.78 is 0. The average molecular weight is 187 g/mol. The minimum absolute atomic E-state index is 0.292.